The van der Waals surface area contributed by atoms with Gasteiger partial charge in [0, 0.05) is 23.7 Å². The molecule has 5 nitrogen and oxygen atoms in total. The summed E-state index contributed by atoms with van der Waals surface area (Å²) in [4.78, 5) is 11.8. The lowest BCUT2D eigenvalue weighted by atomic mass is 10.0. The van der Waals surface area contributed by atoms with E-state index in [1.165, 1.54) is 0 Å². The fourth-order valence-corrected chi connectivity index (χ4v) is 1.82. The monoisotopic (exact) mass is 294 g/mol. The topological polar surface area (TPSA) is 59.6 Å². The number of carbonyl (C=O) groups is 1. The molecule has 0 heterocycles. The summed E-state index contributed by atoms with van der Waals surface area (Å²) in [5.41, 5.74) is 0.817. The number of benzene rings is 1. The lowest BCUT2D eigenvalue weighted by Crippen LogP contribution is -2.46. The maximum Gasteiger partial charge on any atom is 0.234 e. The van der Waals surface area contributed by atoms with Crippen molar-refractivity contribution in [2.24, 2.45) is 0 Å². The molecular weight excluding hydrogens is 268 g/mol. The summed E-state index contributed by atoms with van der Waals surface area (Å²) in [6, 6.07) is 5.63. The molecule has 0 atom stereocenters. The van der Waals surface area contributed by atoms with Gasteiger partial charge in [0.15, 0.2) is 0 Å². The first-order valence-electron chi connectivity index (χ1n) is 7.14. The number of hydrogen-bond donors (Lipinski definition) is 2. The van der Waals surface area contributed by atoms with E-state index in [2.05, 4.69) is 17.6 Å². The highest BCUT2D eigenvalue weighted by Crippen LogP contribution is 2.24. The molecular formula is C16H26N2O3. The van der Waals surface area contributed by atoms with Crippen molar-refractivity contribution in [3.63, 3.8) is 0 Å². The van der Waals surface area contributed by atoms with Gasteiger partial charge in [-0.3, -0.25) is 4.79 Å². The van der Waals surface area contributed by atoms with Crippen molar-refractivity contribution in [1.29, 1.82) is 0 Å². The SMILES string of the molecule is CCC(C)(C)NC(=O)CNCc1ccc(OC)cc1OC. The van der Waals surface area contributed by atoms with Gasteiger partial charge < -0.3 is 20.1 Å². The number of ether oxygens (including phenoxy) is 2. The Morgan fingerprint density at radius 3 is 2.52 bits per heavy atom. The molecule has 118 valence electrons. The maximum atomic E-state index is 11.8. The molecule has 21 heavy (non-hydrogen) atoms. The van der Waals surface area contributed by atoms with E-state index in [9.17, 15) is 4.79 Å². The van der Waals surface area contributed by atoms with Crippen LogP contribution in [0.15, 0.2) is 18.2 Å². The molecule has 0 bridgehead atoms. The van der Waals surface area contributed by atoms with Crippen LogP contribution in [0.1, 0.15) is 32.8 Å². The van der Waals surface area contributed by atoms with E-state index in [4.69, 9.17) is 9.47 Å². The molecule has 2 N–H and O–H groups in total. The Hall–Kier alpha value is -1.75. The number of hydrogen-bond acceptors (Lipinski definition) is 4. The van der Waals surface area contributed by atoms with Crippen molar-refractivity contribution in [3.8, 4) is 11.5 Å². The number of rotatable bonds is 8. The molecule has 5 heteroatoms. The van der Waals surface area contributed by atoms with Crippen LogP contribution >= 0.6 is 0 Å². The van der Waals surface area contributed by atoms with Crippen molar-refractivity contribution in [3.05, 3.63) is 23.8 Å². The molecule has 0 aliphatic carbocycles. The fraction of sp³-hybridized carbons (Fsp3) is 0.562. The van der Waals surface area contributed by atoms with Crippen molar-refractivity contribution in [2.45, 2.75) is 39.3 Å². The molecule has 0 unspecified atom stereocenters. The average molecular weight is 294 g/mol. The molecule has 1 amide bonds. The average Bonchev–Trinajstić information content (AvgIpc) is 2.47. The quantitative estimate of drug-likeness (QED) is 0.771. The molecule has 0 spiro atoms. The van der Waals surface area contributed by atoms with Crippen molar-refractivity contribution >= 4 is 5.91 Å². The Morgan fingerprint density at radius 1 is 1.24 bits per heavy atom. The Labute approximate surface area is 127 Å². The highest BCUT2D eigenvalue weighted by molar-refractivity contribution is 5.78. The fourth-order valence-electron chi connectivity index (χ4n) is 1.82. The summed E-state index contributed by atoms with van der Waals surface area (Å²) in [5, 5.41) is 6.11. The molecule has 0 saturated carbocycles. The van der Waals surface area contributed by atoms with Crippen LogP contribution in [0.4, 0.5) is 0 Å². The standard InChI is InChI=1S/C16H26N2O3/c1-6-16(2,3)18-15(19)11-17-10-12-7-8-13(20-4)9-14(12)21-5/h7-9,17H,6,10-11H2,1-5H3,(H,18,19). The lowest BCUT2D eigenvalue weighted by Gasteiger charge is -2.24. The van der Waals surface area contributed by atoms with Crippen LogP contribution < -0.4 is 20.1 Å². The lowest BCUT2D eigenvalue weighted by molar-refractivity contribution is -0.121. The zero-order chi connectivity index (χ0) is 15.9. The molecule has 1 aromatic rings. The van der Waals surface area contributed by atoms with Gasteiger partial charge in [-0.05, 0) is 26.3 Å². The number of amides is 1. The third kappa shape index (κ3) is 5.63. The molecule has 0 aromatic heterocycles. The second kappa shape index (κ2) is 7.88. The predicted octanol–water partition coefficient (Wildman–Crippen LogP) is 2.10. The summed E-state index contributed by atoms with van der Waals surface area (Å²) >= 11 is 0. The van der Waals surface area contributed by atoms with Gasteiger partial charge in [-0.25, -0.2) is 0 Å². The maximum absolute atomic E-state index is 11.8. The molecule has 1 rings (SSSR count). The number of carbonyl (C=O) groups excluding carboxylic acids is 1. The van der Waals surface area contributed by atoms with Gasteiger partial charge in [-0.1, -0.05) is 13.0 Å². The normalized spacial score (nSPS) is 11.1. The van der Waals surface area contributed by atoms with Crippen molar-refractivity contribution in [1.82, 2.24) is 10.6 Å². The minimum Gasteiger partial charge on any atom is -0.497 e. The van der Waals surface area contributed by atoms with Gasteiger partial charge >= 0.3 is 0 Å². The second-order valence-corrected chi connectivity index (χ2v) is 5.57. The smallest absolute Gasteiger partial charge is 0.234 e. The van der Waals surface area contributed by atoms with Gasteiger partial charge in [0.2, 0.25) is 5.91 Å². The van der Waals surface area contributed by atoms with E-state index in [1.54, 1.807) is 14.2 Å². The summed E-state index contributed by atoms with van der Waals surface area (Å²) < 4.78 is 10.5. The molecule has 0 radical (unpaired) electrons. The van der Waals surface area contributed by atoms with E-state index in [1.807, 2.05) is 32.0 Å². The predicted molar refractivity (Wildman–Crippen MR) is 83.8 cm³/mol. The number of methoxy groups -OCH3 is 2. The minimum absolute atomic E-state index is 0.00525. The van der Waals surface area contributed by atoms with E-state index in [-0.39, 0.29) is 18.0 Å². The first kappa shape index (κ1) is 17.3. The molecule has 1 aromatic carbocycles. The van der Waals surface area contributed by atoms with E-state index >= 15 is 0 Å². The van der Waals surface area contributed by atoms with Crippen LogP contribution in [0.3, 0.4) is 0 Å². The Kier molecular flexibility index (Phi) is 6.49. The zero-order valence-corrected chi connectivity index (χ0v) is 13.6. The van der Waals surface area contributed by atoms with Gasteiger partial charge in [0.05, 0.1) is 20.8 Å². The van der Waals surface area contributed by atoms with Crippen molar-refractivity contribution < 1.29 is 14.3 Å². The first-order chi connectivity index (χ1) is 9.91. The molecule has 0 fully saturated rings. The largest absolute Gasteiger partial charge is 0.497 e. The summed E-state index contributed by atoms with van der Waals surface area (Å²) in [7, 11) is 3.24. The minimum atomic E-state index is -0.170. The van der Waals surface area contributed by atoms with Gasteiger partial charge in [-0.15, -0.1) is 0 Å². The Bertz CT molecular complexity index is 473. The molecule has 0 aliphatic rings. The van der Waals surface area contributed by atoms with Crippen LogP contribution in [-0.2, 0) is 11.3 Å². The molecule has 0 aliphatic heterocycles. The van der Waals surface area contributed by atoms with Crippen LogP contribution in [0.25, 0.3) is 0 Å². The number of nitrogens with one attached hydrogen (secondary N) is 2. The van der Waals surface area contributed by atoms with E-state index in [0.29, 0.717) is 6.54 Å². The highest BCUT2D eigenvalue weighted by atomic mass is 16.5. The van der Waals surface area contributed by atoms with Gasteiger partial charge in [0.25, 0.3) is 0 Å². The van der Waals surface area contributed by atoms with E-state index < -0.39 is 0 Å². The van der Waals surface area contributed by atoms with Gasteiger partial charge in [0.1, 0.15) is 11.5 Å². The van der Waals surface area contributed by atoms with Gasteiger partial charge in [-0.2, -0.15) is 0 Å². The first-order valence-corrected chi connectivity index (χ1v) is 7.14. The van der Waals surface area contributed by atoms with Crippen LogP contribution in [-0.4, -0.2) is 32.2 Å². The molecule has 0 saturated heterocycles. The summed E-state index contributed by atoms with van der Waals surface area (Å²) in [5.74, 6) is 1.49. The Morgan fingerprint density at radius 2 is 1.95 bits per heavy atom. The van der Waals surface area contributed by atoms with Crippen LogP contribution in [0, 0.1) is 0 Å². The summed E-state index contributed by atoms with van der Waals surface area (Å²) in [6.07, 6.45) is 0.894. The third-order valence-corrected chi connectivity index (χ3v) is 3.46. The van der Waals surface area contributed by atoms with Crippen LogP contribution in [0.2, 0.25) is 0 Å². The van der Waals surface area contributed by atoms with E-state index in [0.717, 1.165) is 23.5 Å². The zero-order valence-electron chi connectivity index (χ0n) is 13.6. The van der Waals surface area contributed by atoms with Crippen LogP contribution in [0.5, 0.6) is 11.5 Å². The second-order valence-electron chi connectivity index (χ2n) is 5.57. The summed E-state index contributed by atoms with van der Waals surface area (Å²) in [6.45, 7) is 6.91. The third-order valence-electron chi connectivity index (χ3n) is 3.46. The Balaban J connectivity index is 2.51. The highest BCUT2D eigenvalue weighted by Gasteiger charge is 2.17. The van der Waals surface area contributed by atoms with Crippen molar-refractivity contribution in [2.75, 3.05) is 20.8 Å².